The van der Waals surface area contributed by atoms with E-state index in [0.29, 0.717) is 23.1 Å². The Morgan fingerprint density at radius 1 is 1.14 bits per heavy atom. The molecular formula is C17H13FN2O. The van der Waals surface area contributed by atoms with Gasteiger partial charge in [-0.15, -0.1) is 0 Å². The Labute approximate surface area is 121 Å². The summed E-state index contributed by atoms with van der Waals surface area (Å²) < 4.78 is 13.7. The lowest BCUT2D eigenvalue weighted by atomic mass is 10.2. The van der Waals surface area contributed by atoms with Crippen LogP contribution in [0.15, 0.2) is 48.5 Å². The van der Waals surface area contributed by atoms with Crippen LogP contribution in [0.4, 0.5) is 10.1 Å². The van der Waals surface area contributed by atoms with Crippen LogP contribution in [-0.4, -0.2) is 17.4 Å². The summed E-state index contributed by atoms with van der Waals surface area (Å²) in [4.78, 5) is 17.4. The van der Waals surface area contributed by atoms with Gasteiger partial charge in [-0.1, -0.05) is 24.3 Å². The maximum Gasteiger partial charge on any atom is 0.274 e. The van der Waals surface area contributed by atoms with Crippen LogP contribution in [0.1, 0.15) is 16.1 Å². The number of benzene rings is 2. The van der Waals surface area contributed by atoms with Crippen LogP contribution >= 0.6 is 0 Å². The fraction of sp³-hybridized carbons (Fsp3) is 0.118. The third kappa shape index (κ3) is 1.83. The molecule has 104 valence electrons. The van der Waals surface area contributed by atoms with Gasteiger partial charge in [-0.05, 0) is 36.2 Å². The van der Waals surface area contributed by atoms with E-state index >= 15 is 0 Å². The molecule has 4 heteroatoms. The van der Waals surface area contributed by atoms with Gasteiger partial charge in [-0.25, -0.2) is 4.39 Å². The molecule has 1 N–H and O–H groups in total. The maximum absolute atomic E-state index is 13.7. The molecule has 0 bridgehead atoms. The zero-order chi connectivity index (χ0) is 14.4. The van der Waals surface area contributed by atoms with Crippen molar-refractivity contribution in [1.82, 2.24) is 4.98 Å². The molecule has 0 atom stereocenters. The molecule has 1 aliphatic heterocycles. The van der Waals surface area contributed by atoms with E-state index in [9.17, 15) is 9.18 Å². The molecule has 2 aromatic carbocycles. The first-order chi connectivity index (χ1) is 10.2. The Bertz CT molecular complexity index is 853. The Kier molecular flexibility index (Phi) is 2.57. The number of hydrogen-bond acceptors (Lipinski definition) is 1. The van der Waals surface area contributed by atoms with Gasteiger partial charge in [0.05, 0.1) is 0 Å². The molecular weight excluding hydrogens is 267 g/mol. The monoisotopic (exact) mass is 280 g/mol. The van der Waals surface area contributed by atoms with Crippen LogP contribution in [0, 0.1) is 5.82 Å². The molecule has 4 rings (SSSR count). The Hall–Kier alpha value is -2.62. The van der Waals surface area contributed by atoms with E-state index in [0.717, 1.165) is 12.1 Å². The van der Waals surface area contributed by atoms with E-state index in [1.807, 2.05) is 24.3 Å². The summed E-state index contributed by atoms with van der Waals surface area (Å²) in [5, 5.41) is 0.452. The van der Waals surface area contributed by atoms with E-state index in [4.69, 9.17) is 0 Å². The Morgan fingerprint density at radius 3 is 2.86 bits per heavy atom. The fourth-order valence-corrected chi connectivity index (χ4v) is 2.93. The minimum absolute atomic E-state index is 0.115. The number of halogens is 1. The molecule has 3 nitrogen and oxygen atoms in total. The van der Waals surface area contributed by atoms with Crippen molar-refractivity contribution in [1.29, 1.82) is 0 Å². The van der Waals surface area contributed by atoms with Gasteiger partial charge in [0.25, 0.3) is 5.91 Å². The van der Waals surface area contributed by atoms with Crippen molar-refractivity contribution in [3.8, 4) is 0 Å². The highest BCUT2D eigenvalue weighted by atomic mass is 19.1. The van der Waals surface area contributed by atoms with Crippen molar-refractivity contribution in [2.24, 2.45) is 0 Å². The average molecular weight is 280 g/mol. The number of aromatic nitrogens is 1. The number of nitrogens with one attached hydrogen (secondary N) is 1. The molecule has 0 radical (unpaired) electrons. The summed E-state index contributed by atoms with van der Waals surface area (Å²) >= 11 is 0. The zero-order valence-electron chi connectivity index (χ0n) is 11.3. The fourth-order valence-electron chi connectivity index (χ4n) is 2.93. The molecule has 1 aliphatic rings. The Morgan fingerprint density at radius 2 is 2.00 bits per heavy atom. The first-order valence-electron chi connectivity index (χ1n) is 6.91. The van der Waals surface area contributed by atoms with E-state index in [1.54, 1.807) is 23.1 Å². The van der Waals surface area contributed by atoms with Crippen molar-refractivity contribution in [2.75, 3.05) is 11.4 Å². The average Bonchev–Trinajstić information content (AvgIpc) is 3.11. The van der Waals surface area contributed by atoms with E-state index in [-0.39, 0.29) is 11.7 Å². The molecule has 3 aromatic rings. The van der Waals surface area contributed by atoms with Gasteiger partial charge in [-0.2, -0.15) is 0 Å². The number of fused-ring (bicyclic) bond motifs is 2. The number of H-pyrrole nitrogens is 1. The summed E-state index contributed by atoms with van der Waals surface area (Å²) in [7, 11) is 0. The second-order valence-corrected chi connectivity index (χ2v) is 5.22. The summed E-state index contributed by atoms with van der Waals surface area (Å²) in [5.41, 5.74) is 3.19. The summed E-state index contributed by atoms with van der Waals surface area (Å²) in [6, 6.07) is 14.3. The number of amides is 1. The normalized spacial score (nSPS) is 13.7. The lowest BCUT2D eigenvalue weighted by Crippen LogP contribution is -2.29. The highest BCUT2D eigenvalue weighted by molar-refractivity contribution is 6.08. The largest absolute Gasteiger partial charge is 0.350 e. The first-order valence-corrected chi connectivity index (χ1v) is 6.91. The Balaban J connectivity index is 1.76. The van der Waals surface area contributed by atoms with Gasteiger partial charge >= 0.3 is 0 Å². The standard InChI is InChI=1S/C17H13FN2O/c18-13-5-3-6-14-12(13)10-15(19-14)17(21)20-9-8-11-4-1-2-7-16(11)20/h1-7,10,19H,8-9H2. The second-order valence-electron chi connectivity index (χ2n) is 5.22. The van der Waals surface area contributed by atoms with Gasteiger partial charge in [0, 0.05) is 23.1 Å². The lowest BCUT2D eigenvalue weighted by molar-refractivity contribution is 0.0985. The summed E-state index contributed by atoms with van der Waals surface area (Å²) in [6.07, 6.45) is 0.858. The zero-order valence-corrected chi connectivity index (χ0v) is 11.3. The molecule has 21 heavy (non-hydrogen) atoms. The number of carbonyl (C=O) groups is 1. The minimum atomic E-state index is -0.315. The van der Waals surface area contributed by atoms with Gasteiger partial charge < -0.3 is 9.88 Å². The number of aromatic amines is 1. The SMILES string of the molecule is O=C(c1cc2c(F)cccc2[nH]1)N1CCc2ccccc21. The summed E-state index contributed by atoms with van der Waals surface area (Å²) in [5.74, 6) is -0.430. The topological polar surface area (TPSA) is 36.1 Å². The number of anilines is 1. The van der Waals surface area contributed by atoms with Crippen LogP contribution in [-0.2, 0) is 6.42 Å². The lowest BCUT2D eigenvalue weighted by Gasteiger charge is -2.16. The van der Waals surface area contributed by atoms with Crippen molar-refractivity contribution in [2.45, 2.75) is 6.42 Å². The molecule has 1 amide bonds. The molecule has 0 aliphatic carbocycles. The molecule has 2 heterocycles. The number of carbonyl (C=O) groups excluding carboxylic acids is 1. The third-order valence-electron chi connectivity index (χ3n) is 3.97. The number of hydrogen-bond donors (Lipinski definition) is 1. The van der Waals surface area contributed by atoms with E-state index < -0.39 is 0 Å². The smallest absolute Gasteiger partial charge is 0.274 e. The quantitative estimate of drug-likeness (QED) is 0.727. The second kappa shape index (κ2) is 4.45. The highest BCUT2D eigenvalue weighted by Gasteiger charge is 2.26. The number of rotatable bonds is 1. The van der Waals surface area contributed by atoms with E-state index in [1.165, 1.54) is 11.6 Å². The minimum Gasteiger partial charge on any atom is -0.350 e. The maximum atomic E-state index is 13.7. The van der Waals surface area contributed by atoms with Crippen LogP contribution in [0.5, 0.6) is 0 Å². The van der Waals surface area contributed by atoms with Crippen LogP contribution < -0.4 is 4.90 Å². The molecule has 1 aromatic heterocycles. The van der Waals surface area contributed by atoms with Gasteiger partial charge in [-0.3, -0.25) is 4.79 Å². The number of para-hydroxylation sites is 1. The van der Waals surface area contributed by atoms with E-state index in [2.05, 4.69) is 4.98 Å². The first kappa shape index (κ1) is 12.1. The number of nitrogens with zero attached hydrogens (tertiary/aromatic N) is 1. The van der Waals surface area contributed by atoms with Crippen LogP contribution in [0.2, 0.25) is 0 Å². The van der Waals surface area contributed by atoms with Gasteiger partial charge in [0.2, 0.25) is 0 Å². The molecule has 0 unspecified atom stereocenters. The van der Waals surface area contributed by atoms with Crippen LogP contribution in [0.3, 0.4) is 0 Å². The van der Waals surface area contributed by atoms with Crippen molar-refractivity contribution in [3.05, 3.63) is 65.6 Å². The predicted octanol–water partition coefficient (Wildman–Crippen LogP) is 3.51. The molecule has 0 saturated heterocycles. The summed E-state index contributed by atoms with van der Waals surface area (Å²) in [6.45, 7) is 0.663. The highest BCUT2D eigenvalue weighted by Crippen LogP contribution is 2.29. The van der Waals surface area contributed by atoms with Crippen molar-refractivity contribution in [3.63, 3.8) is 0 Å². The predicted molar refractivity (Wildman–Crippen MR) is 80.1 cm³/mol. The van der Waals surface area contributed by atoms with Gasteiger partial charge in [0.15, 0.2) is 0 Å². The molecule has 0 spiro atoms. The van der Waals surface area contributed by atoms with Crippen molar-refractivity contribution >= 4 is 22.5 Å². The molecule has 0 saturated carbocycles. The van der Waals surface area contributed by atoms with Crippen molar-refractivity contribution < 1.29 is 9.18 Å². The van der Waals surface area contributed by atoms with Crippen LogP contribution in [0.25, 0.3) is 10.9 Å². The molecule has 0 fully saturated rings. The van der Waals surface area contributed by atoms with Gasteiger partial charge in [0.1, 0.15) is 11.5 Å². The third-order valence-corrected chi connectivity index (χ3v) is 3.97.